The fraction of sp³-hybridized carbons (Fsp3) is 0.667. The molecule has 0 bridgehead atoms. The zero-order valence-corrected chi connectivity index (χ0v) is 19.2. The van der Waals surface area contributed by atoms with Gasteiger partial charge in [0.2, 0.25) is 0 Å². The Balaban J connectivity index is 1.41. The number of amides is 1. The predicted octanol–water partition coefficient (Wildman–Crippen LogP) is 0.565. The van der Waals surface area contributed by atoms with Crippen molar-refractivity contribution >= 4 is 17.5 Å². The molecule has 1 aliphatic heterocycles. The Morgan fingerprint density at radius 3 is 2.79 bits per heavy atom. The van der Waals surface area contributed by atoms with Crippen molar-refractivity contribution in [1.82, 2.24) is 19.9 Å². The van der Waals surface area contributed by atoms with Crippen molar-refractivity contribution < 1.29 is 26.3 Å². The van der Waals surface area contributed by atoms with Crippen molar-refractivity contribution in [3.63, 3.8) is 0 Å². The third-order valence-electron chi connectivity index (χ3n) is 6.29. The van der Waals surface area contributed by atoms with Crippen LogP contribution in [0.4, 0.5) is 0 Å². The topological polar surface area (TPSA) is 65.2 Å². The molecular weight excluding hydrogens is 487 g/mol. The molecule has 1 saturated carbocycles. The molecule has 0 aromatic heterocycles. The zero-order chi connectivity index (χ0) is 19.3. The first-order chi connectivity index (χ1) is 13.7. The van der Waals surface area contributed by atoms with Gasteiger partial charge in [-0.1, -0.05) is 12.8 Å². The van der Waals surface area contributed by atoms with Gasteiger partial charge in [-0.3, -0.25) is 0 Å². The van der Waals surface area contributed by atoms with Gasteiger partial charge >= 0.3 is 171 Å². The van der Waals surface area contributed by atoms with Crippen molar-refractivity contribution in [2.24, 2.45) is 11.8 Å². The van der Waals surface area contributed by atoms with Crippen LogP contribution in [0, 0.1) is 11.8 Å². The molecule has 0 aromatic carbocycles. The third kappa shape index (κ3) is 5.01. The molecule has 1 saturated heterocycles. The van der Waals surface area contributed by atoms with E-state index >= 15 is 0 Å². The van der Waals surface area contributed by atoms with E-state index in [-0.39, 0.29) is 27.4 Å². The molecule has 0 spiro atoms. The van der Waals surface area contributed by atoms with E-state index in [2.05, 4.69) is 32.1 Å². The molecule has 4 rings (SSSR count). The van der Waals surface area contributed by atoms with E-state index in [0.717, 1.165) is 48.4 Å². The summed E-state index contributed by atoms with van der Waals surface area (Å²) in [6.45, 7) is 0.804. The summed E-state index contributed by atoms with van der Waals surface area (Å²) in [6, 6.07) is 0. The van der Waals surface area contributed by atoms with Crippen LogP contribution in [0.1, 0.15) is 64.2 Å². The van der Waals surface area contributed by atoms with Gasteiger partial charge in [-0.05, 0) is 0 Å². The molecule has 2 fully saturated rings. The minimum atomic E-state index is -0.0451. The van der Waals surface area contributed by atoms with Crippen molar-refractivity contribution in [3.8, 4) is 0 Å². The van der Waals surface area contributed by atoms with Gasteiger partial charge in [0.1, 0.15) is 0 Å². The fourth-order valence-electron chi connectivity index (χ4n) is 4.76. The Kier molecular flexibility index (Phi) is 7.49. The van der Waals surface area contributed by atoms with Gasteiger partial charge in [0.15, 0.2) is 0 Å². The van der Waals surface area contributed by atoms with Crippen LogP contribution in [0.3, 0.4) is 0 Å². The Hall–Kier alpha value is -0.410. The van der Waals surface area contributed by atoms with Gasteiger partial charge in [0.05, 0.1) is 0 Å². The number of allylic oxidation sites excluding steroid dienone is 4. The quantitative estimate of drug-likeness (QED) is 0.137. The molecule has 4 N–H and O–H groups in total. The predicted molar refractivity (Wildman–Crippen MR) is 108 cm³/mol. The Labute approximate surface area is 183 Å². The average molecular weight is 518 g/mol. The summed E-state index contributed by atoms with van der Waals surface area (Å²) < 4.78 is 3.75. The van der Waals surface area contributed by atoms with Crippen molar-refractivity contribution in [2.45, 2.75) is 68.3 Å². The maximum atomic E-state index is 13.1. The first kappa shape index (κ1) is 20.8. The zero-order valence-electron chi connectivity index (χ0n) is 16.3. The van der Waals surface area contributed by atoms with E-state index < -0.39 is 0 Å². The summed E-state index contributed by atoms with van der Waals surface area (Å²) in [4.78, 5) is 13.1. The maximum absolute atomic E-state index is 13.1. The number of carbonyl (C=O) groups excluding carboxylic acids is 1. The normalized spacial score (nSPS) is 28.9. The molecular formula is C21H31ClIN4O-. The fourth-order valence-corrected chi connectivity index (χ4v) is 6.75. The number of fused-ring (bicyclic) bond motifs is 1. The molecule has 7 heteroatoms. The molecule has 28 heavy (non-hydrogen) atoms. The number of carbonyl (C=O) groups is 1. The summed E-state index contributed by atoms with van der Waals surface area (Å²) >= 11 is 6.57. The molecule has 3 aliphatic carbocycles. The Morgan fingerprint density at radius 1 is 1.21 bits per heavy atom. The second kappa shape index (κ2) is 10.1. The number of rotatable bonds is 6. The molecule has 0 aromatic rings. The monoisotopic (exact) mass is 517 g/mol. The first-order valence-electron chi connectivity index (χ1n) is 10.7. The van der Waals surface area contributed by atoms with Crippen LogP contribution >= 0.6 is 11.6 Å². The van der Waals surface area contributed by atoms with Crippen LogP contribution in [0.2, 0.25) is 0 Å². The summed E-state index contributed by atoms with van der Waals surface area (Å²) in [5.41, 5.74) is 9.44. The molecule has 1 amide bonds. The number of hydrazine groups is 2. The van der Waals surface area contributed by atoms with E-state index in [0.29, 0.717) is 15.9 Å². The Bertz CT molecular complexity index is 676. The SMILES string of the molecule is O=C(NCC1CCCCCC1)C1=CC(CCC2NNN[I-]2)C2=CCCC(Cl)=C12. The van der Waals surface area contributed by atoms with Crippen molar-refractivity contribution in [2.75, 3.05) is 6.54 Å². The summed E-state index contributed by atoms with van der Waals surface area (Å²) in [7, 11) is 0. The van der Waals surface area contributed by atoms with Crippen LogP contribution in [0.15, 0.2) is 33.9 Å². The van der Waals surface area contributed by atoms with Gasteiger partial charge in [0.25, 0.3) is 0 Å². The molecule has 0 radical (unpaired) electrons. The second-order valence-electron chi connectivity index (χ2n) is 8.25. The number of nitrogens with one attached hydrogen (secondary N) is 4. The molecule has 5 nitrogen and oxygen atoms in total. The Morgan fingerprint density at radius 2 is 2.04 bits per heavy atom. The van der Waals surface area contributed by atoms with Crippen LogP contribution in [-0.2, 0) is 4.79 Å². The van der Waals surface area contributed by atoms with E-state index in [1.807, 2.05) is 0 Å². The van der Waals surface area contributed by atoms with Crippen LogP contribution < -0.4 is 41.4 Å². The first-order valence-corrected chi connectivity index (χ1v) is 13.4. The molecule has 4 aliphatic rings. The van der Waals surface area contributed by atoms with Gasteiger partial charge < -0.3 is 0 Å². The van der Waals surface area contributed by atoms with Crippen LogP contribution in [-0.4, -0.2) is 16.5 Å². The van der Waals surface area contributed by atoms with Gasteiger partial charge in [0, 0.05) is 0 Å². The number of halogens is 2. The number of alkyl halides is 1. The standard InChI is InChI=1S/C21H31ClIN4O/c22-18-9-5-8-16-15(10-11-19-23-26-27-25-19)12-17(20(16)18)21(28)24-13-14-6-3-1-2-4-7-14/h8,12,14-15,19,25-27H,1-7,9-11,13H2,(H,24,28)/q-1. The average Bonchev–Trinajstić information content (AvgIpc) is 3.27. The van der Waals surface area contributed by atoms with Gasteiger partial charge in [-0.15, -0.1) is 0 Å². The number of hydrogen-bond acceptors (Lipinski definition) is 4. The molecule has 2 unspecified atom stereocenters. The van der Waals surface area contributed by atoms with Crippen LogP contribution in [0.25, 0.3) is 0 Å². The van der Waals surface area contributed by atoms with Gasteiger partial charge in [-0.2, -0.15) is 0 Å². The minimum absolute atomic E-state index is 0.0451. The summed E-state index contributed by atoms with van der Waals surface area (Å²) in [6.07, 6.45) is 16.3. The third-order valence-corrected chi connectivity index (χ3v) is 8.93. The van der Waals surface area contributed by atoms with E-state index in [1.165, 1.54) is 44.1 Å². The molecule has 1 heterocycles. The number of hydrogen-bond donors (Lipinski definition) is 4. The van der Waals surface area contributed by atoms with Gasteiger partial charge in [-0.25, -0.2) is 0 Å². The molecule has 156 valence electrons. The van der Waals surface area contributed by atoms with E-state index in [9.17, 15) is 4.79 Å². The van der Waals surface area contributed by atoms with Crippen molar-refractivity contribution in [3.05, 3.63) is 33.9 Å². The van der Waals surface area contributed by atoms with E-state index in [1.54, 1.807) is 0 Å². The summed E-state index contributed by atoms with van der Waals surface area (Å²) in [5, 5.41) is 4.11. The van der Waals surface area contributed by atoms with Crippen LogP contribution in [0.5, 0.6) is 0 Å². The second-order valence-corrected chi connectivity index (χ2v) is 11.4. The van der Waals surface area contributed by atoms with E-state index in [4.69, 9.17) is 11.6 Å². The molecule has 2 atom stereocenters. The van der Waals surface area contributed by atoms with Crippen molar-refractivity contribution in [1.29, 1.82) is 0 Å². The summed E-state index contributed by atoms with van der Waals surface area (Å²) in [5.74, 6) is 1.02.